The van der Waals surface area contributed by atoms with E-state index in [1.807, 2.05) is 6.92 Å². The van der Waals surface area contributed by atoms with E-state index in [-0.39, 0.29) is 5.97 Å². The van der Waals surface area contributed by atoms with E-state index in [2.05, 4.69) is 27.4 Å². The summed E-state index contributed by atoms with van der Waals surface area (Å²) in [5, 5.41) is 0. The number of esters is 1. The third-order valence-electron chi connectivity index (χ3n) is 2.45. The third kappa shape index (κ3) is 7.18. The summed E-state index contributed by atoms with van der Waals surface area (Å²) in [6.45, 7) is 12.6. The molecule has 0 spiro atoms. The molecular formula is C13H24O2. The van der Waals surface area contributed by atoms with Crippen LogP contribution < -0.4 is 0 Å². The van der Waals surface area contributed by atoms with E-state index in [9.17, 15) is 4.79 Å². The molecule has 0 N–H and O–H groups in total. The molecular weight excluding hydrogens is 188 g/mol. The second-order valence-corrected chi connectivity index (χ2v) is 4.63. The minimum absolute atomic E-state index is 0.242. The second-order valence-electron chi connectivity index (χ2n) is 4.63. The van der Waals surface area contributed by atoms with Crippen LogP contribution in [-0.2, 0) is 9.53 Å². The number of carbonyl (C=O) groups is 1. The summed E-state index contributed by atoms with van der Waals surface area (Å²) in [5.41, 5.74) is 0.561. The van der Waals surface area contributed by atoms with Gasteiger partial charge in [0.05, 0.1) is 6.61 Å². The fraction of sp³-hybridized carbons (Fsp3) is 0.769. The average Bonchev–Trinajstić information content (AvgIpc) is 2.21. The van der Waals surface area contributed by atoms with Crippen LogP contribution in [0.15, 0.2) is 12.2 Å². The Hall–Kier alpha value is -0.790. The molecule has 2 nitrogen and oxygen atoms in total. The summed E-state index contributed by atoms with van der Waals surface area (Å²) in [6.07, 6.45) is 2.97. The van der Waals surface area contributed by atoms with Crippen molar-refractivity contribution in [3.8, 4) is 0 Å². The Bertz CT molecular complexity index is 207. The van der Waals surface area contributed by atoms with E-state index in [4.69, 9.17) is 4.74 Å². The summed E-state index contributed by atoms with van der Waals surface area (Å²) < 4.78 is 5.15. The molecule has 0 amide bonds. The van der Waals surface area contributed by atoms with Crippen LogP contribution in [0.1, 0.15) is 47.0 Å². The van der Waals surface area contributed by atoms with Crippen molar-refractivity contribution in [3.63, 3.8) is 0 Å². The Kier molecular flexibility index (Phi) is 7.10. The molecule has 2 heteroatoms. The maximum absolute atomic E-state index is 11.3. The van der Waals surface area contributed by atoms with Crippen LogP contribution in [0.5, 0.6) is 0 Å². The Morgan fingerprint density at radius 3 is 2.33 bits per heavy atom. The summed E-state index contributed by atoms with van der Waals surface area (Å²) in [7, 11) is 0. The van der Waals surface area contributed by atoms with Crippen molar-refractivity contribution in [3.05, 3.63) is 12.2 Å². The van der Waals surface area contributed by atoms with Gasteiger partial charge in [0.25, 0.3) is 0 Å². The Morgan fingerprint density at radius 1 is 1.27 bits per heavy atom. The first-order valence-corrected chi connectivity index (χ1v) is 5.82. The van der Waals surface area contributed by atoms with Crippen LogP contribution in [-0.4, -0.2) is 12.6 Å². The van der Waals surface area contributed by atoms with Gasteiger partial charge in [0.2, 0.25) is 0 Å². The highest BCUT2D eigenvalue weighted by molar-refractivity contribution is 5.87. The highest BCUT2D eigenvalue weighted by atomic mass is 16.5. The minimum Gasteiger partial charge on any atom is -0.462 e. The van der Waals surface area contributed by atoms with E-state index in [1.165, 1.54) is 6.42 Å². The van der Waals surface area contributed by atoms with Gasteiger partial charge >= 0.3 is 5.97 Å². The monoisotopic (exact) mass is 212 g/mol. The molecule has 1 unspecified atom stereocenters. The van der Waals surface area contributed by atoms with Gasteiger partial charge in [-0.05, 0) is 24.7 Å². The maximum atomic E-state index is 11.3. The van der Waals surface area contributed by atoms with Crippen LogP contribution in [0.4, 0.5) is 0 Å². The topological polar surface area (TPSA) is 26.3 Å². The largest absolute Gasteiger partial charge is 0.462 e. The van der Waals surface area contributed by atoms with Gasteiger partial charge in [0.1, 0.15) is 0 Å². The number of hydrogen-bond donors (Lipinski definition) is 0. The highest BCUT2D eigenvalue weighted by Gasteiger charge is 2.09. The first-order valence-electron chi connectivity index (χ1n) is 5.82. The van der Waals surface area contributed by atoms with Crippen LogP contribution in [0.25, 0.3) is 0 Å². The van der Waals surface area contributed by atoms with E-state index in [1.54, 1.807) is 0 Å². The van der Waals surface area contributed by atoms with Gasteiger partial charge in [-0.1, -0.05) is 40.7 Å². The SMILES string of the molecule is C=C(CC)C(=O)OCC(C)CCC(C)C. The van der Waals surface area contributed by atoms with Gasteiger partial charge < -0.3 is 4.74 Å². The lowest BCUT2D eigenvalue weighted by Gasteiger charge is -2.13. The molecule has 0 aliphatic carbocycles. The fourth-order valence-electron chi connectivity index (χ4n) is 1.17. The molecule has 0 aliphatic heterocycles. The standard InChI is InChI=1S/C13H24O2/c1-6-12(5)13(14)15-9-11(4)8-7-10(2)3/h10-11H,5-9H2,1-4H3. The smallest absolute Gasteiger partial charge is 0.333 e. The maximum Gasteiger partial charge on any atom is 0.333 e. The molecule has 0 heterocycles. The molecule has 0 radical (unpaired) electrons. The van der Waals surface area contributed by atoms with Crippen molar-refractivity contribution < 1.29 is 9.53 Å². The Balaban J connectivity index is 3.66. The van der Waals surface area contributed by atoms with Crippen LogP contribution in [0, 0.1) is 11.8 Å². The zero-order valence-electron chi connectivity index (χ0n) is 10.5. The van der Waals surface area contributed by atoms with Crippen LogP contribution in [0.2, 0.25) is 0 Å². The van der Waals surface area contributed by atoms with E-state index >= 15 is 0 Å². The predicted molar refractivity (Wildman–Crippen MR) is 63.6 cm³/mol. The van der Waals surface area contributed by atoms with E-state index in [0.717, 1.165) is 6.42 Å². The average molecular weight is 212 g/mol. The number of rotatable bonds is 7. The number of hydrogen-bond acceptors (Lipinski definition) is 2. The molecule has 0 aromatic carbocycles. The Labute approximate surface area is 93.7 Å². The molecule has 15 heavy (non-hydrogen) atoms. The van der Waals surface area contributed by atoms with Gasteiger partial charge in [-0.3, -0.25) is 0 Å². The van der Waals surface area contributed by atoms with Crippen molar-refractivity contribution in [2.75, 3.05) is 6.61 Å². The van der Waals surface area contributed by atoms with Crippen LogP contribution >= 0.6 is 0 Å². The fourth-order valence-corrected chi connectivity index (χ4v) is 1.17. The van der Waals surface area contributed by atoms with E-state index < -0.39 is 0 Å². The molecule has 0 saturated carbocycles. The molecule has 1 atom stereocenters. The van der Waals surface area contributed by atoms with Crippen molar-refractivity contribution in [1.82, 2.24) is 0 Å². The molecule has 0 bridgehead atoms. The second kappa shape index (κ2) is 7.49. The summed E-state index contributed by atoms with van der Waals surface area (Å²) in [6, 6.07) is 0. The van der Waals surface area contributed by atoms with Gasteiger partial charge in [0.15, 0.2) is 0 Å². The predicted octanol–water partition coefficient (Wildman–Crippen LogP) is 3.57. The molecule has 88 valence electrons. The third-order valence-corrected chi connectivity index (χ3v) is 2.45. The quantitative estimate of drug-likeness (QED) is 0.476. The van der Waals surface area contributed by atoms with Crippen molar-refractivity contribution >= 4 is 5.97 Å². The summed E-state index contributed by atoms with van der Waals surface area (Å²) >= 11 is 0. The first-order chi connectivity index (χ1) is 6.97. The van der Waals surface area contributed by atoms with Gasteiger partial charge in [-0.25, -0.2) is 4.79 Å². The van der Waals surface area contributed by atoms with Gasteiger partial charge in [-0.2, -0.15) is 0 Å². The van der Waals surface area contributed by atoms with E-state index in [0.29, 0.717) is 30.4 Å². The lowest BCUT2D eigenvalue weighted by Crippen LogP contribution is -2.13. The summed E-state index contributed by atoms with van der Waals surface area (Å²) in [4.78, 5) is 11.3. The normalized spacial score (nSPS) is 12.6. The van der Waals surface area contributed by atoms with Gasteiger partial charge in [-0.15, -0.1) is 0 Å². The lowest BCUT2D eigenvalue weighted by atomic mass is 10.0. The molecule has 0 fully saturated rings. The molecule has 0 rings (SSSR count). The minimum atomic E-state index is -0.242. The molecule has 0 aromatic rings. The van der Waals surface area contributed by atoms with Gasteiger partial charge in [0, 0.05) is 5.57 Å². The Morgan fingerprint density at radius 2 is 1.87 bits per heavy atom. The molecule has 0 aliphatic rings. The number of carbonyl (C=O) groups excluding carboxylic acids is 1. The highest BCUT2D eigenvalue weighted by Crippen LogP contribution is 2.12. The van der Waals surface area contributed by atoms with Crippen molar-refractivity contribution in [2.24, 2.45) is 11.8 Å². The molecule has 0 aromatic heterocycles. The number of ether oxygens (including phenoxy) is 1. The zero-order chi connectivity index (χ0) is 11.8. The van der Waals surface area contributed by atoms with Crippen molar-refractivity contribution in [2.45, 2.75) is 47.0 Å². The molecule has 0 saturated heterocycles. The lowest BCUT2D eigenvalue weighted by molar-refractivity contribution is -0.140. The zero-order valence-corrected chi connectivity index (χ0v) is 10.5. The van der Waals surface area contributed by atoms with Crippen LogP contribution in [0.3, 0.4) is 0 Å². The summed E-state index contributed by atoms with van der Waals surface area (Å²) in [5.74, 6) is 0.920. The first kappa shape index (κ1) is 14.2. The van der Waals surface area contributed by atoms with Crippen molar-refractivity contribution in [1.29, 1.82) is 0 Å².